The second-order valence-electron chi connectivity index (χ2n) is 4.68. The second-order valence-corrected chi connectivity index (χ2v) is 4.68. The van der Waals surface area contributed by atoms with Gasteiger partial charge in [-0.2, -0.15) is 5.10 Å². The van der Waals surface area contributed by atoms with E-state index in [-0.39, 0.29) is 0 Å². The van der Waals surface area contributed by atoms with Crippen LogP contribution in [-0.4, -0.2) is 15.2 Å². The number of nitrogens with two attached hydrogens (primary N) is 1. The van der Waals surface area contributed by atoms with Crippen LogP contribution in [0.15, 0.2) is 48.5 Å². The molecule has 0 aliphatic carbocycles. The molecule has 1 heterocycles. The molecule has 1 aromatic heterocycles. The molecule has 0 spiro atoms. The molecule has 0 radical (unpaired) electrons. The summed E-state index contributed by atoms with van der Waals surface area (Å²) in [6.45, 7) is 2.54. The van der Waals surface area contributed by atoms with Gasteiger partial charge in [0, 0.05) is 17.7 Å². The van der Waals surface area contributed by atoms with E-state index in [9.17, 15) is 0 Å². The molecule has 3 rings (SSSR count). The van der Waals surface area contributed by atoms with Crippen molar-refractivity contribution in [2.24, 2.45) is 5.73 Å². The third-order valence-electron chi connectivity index (χ3n) is 3.39. The fourth-order valence-corrected chi connectivity index (χ4v) is 2.29. The van der Waals surface area contributed by atoms with Crippen LogP contribution in [-0.2, 0) is 6.54 Å². The number of aromatic amines is 1. The molecule has 4 nitrogen and oxygen atoms in total. The lowest BCUT2D eigenvalue weighted by molar-refractivity contribution is 1.04. The van der Waals surface area contributed by atoms with E-state index in [1.165, 1.54) is 0 Å². The Morgan fingerprint density at radius 3 is 2.60 bits per heavy atom. The van der Waals surface area contributed by atoms with Gasteiger partial charge in [-0.3, -0.25) is 5.10 Å². The maximum atomic E-state index is 5.84. The highest BCUT2D eigenvalue weighted by Gasteiger charge is 2.12. The van der Waals surface area contributed by atoms with E-state index in [0.717, 1.165) is 28.1 Å². The van der Waals surface area contributed by atoms with Crippen molar-refractivity contribution in [3.8, 4) is 22.8 Å². The fourth-order valence-electron chi connectivity index (χ4n) is 2.29. The van der Waals surface area contributed by atoms with E-state index in [4.69, 9.17) is 5.73 Å². The van der Waals surface area contributed by atoms with Gasteiger partial charge in [-0.25, -0.2) is 4.98 Å². The predicted molar refractivity (Wildman–Crippen MR) is 79.9 cm³/mol. The van der Waals surface area contributed by atoms with E-state index < -0.39 is 0 Å². The lowest BCUT2D eigenvalue weighted by Gasteiger charge is -2.07. The Bertz CT molecular complexity index is 716. The summed E-state index contributed by atoms with van der Waals surface area (Å²) >= 11 is 0. The minimum absolute atomic E-state index is 0.483. The summed E-state index contributed by atoms with van der Waals surface area (Å²) in [5.41, 5.74) is 10.1. The van der Waals surface area contributed by atoms with Crippen molar-refractivity contribution in [1.29, 1.82) is 0 Å². The van der Waals surface area contributed by atoms with Crippen LogP contribution >= 0.6 is 0 Å². The highest BCUT2D eigenvalue weighted by molar-refractivity contribution is 5.65. The molecule has 2 aromatic carbocycles. The summed E-state index contributed by atoms with van der Waals surface area (Å²) in [4.78, 5) is 4.58. The molecule has 0 bridgehead atoms. The molecule has 0 aliphatic rings. The molecule has 3 aromatic rings. The number of H-pyrrole nitrogens is 1. The van der Waals surface area contributed by atoms with E-state index in [0.29, 0.717) is 12.4 Å². The largest absolute Gasteiger partial charge is 0.326 e. The molecule has 4 heteroatoms. The quantitative estimate of drug-likeness (QED) is 0.764. The van der Waals surface area contributed by atoms with Crippen molar-refractivity contribution < 1.29 is 0 Å². The predicted octanol–water partition coefficient (Wildman–Crippen LogP) is 2.91. The van der Waals surface area contributed by atoms with Crippen molar-refractivity contribution in [2.45, 2.75) is 13.5 Å². The van der Waals surface area contributed by atoms with Gasteiger partial charge in [-0.05, 0) is 18.1 Å². The highest BCUT2D eigenvalue weighted by atomic mass is 15.2. The summed E-state index contributed by atoms with van der Waals surface area (Å²) < 4.78 is 0. The van der Waals surface area contributed by atoms with Gasteiger partial charge < -0.3 is 5.73 Å². The number of hydrogen-bond acceptors (Lipinski definition) is 3. The normalized spacial score (nSPS) is 10.7. The lowest BCUT2D eigenvalue weighted by atomic mass is 10.0. The first kappa shape index (κ1) is 12.6. The third-order valence-corrected chi connectivity index (χ3v) is 3.39. The van der Waals surface area contributed by atoms with Gasteiger partial charge in [0.1, 0.15) is 0 Å². The van der Waals surface area contributed by atoms with Crippen LogP contribution in [0, 0.1) is 6.92 Å². The van der Waals surface area contributed by atoms with Crippen LogP contribution in [0.2, 0.25) is 0 Å². The Morgan fingerprint density at radius 1 is 1.05 bits per heavy atom. The Kier molecular flexibility index (Phi) is 3.31. The minimum atomic E-state index is 0.483. The molecule has 0 saturated carbocycles. The average Bonchev–Trinajstić information content (AvgIpc) is 2.97. The lowest BCUT2D eigenvalue weighted by Crippen LogP contribution is -2.02. The van der Waals surface area contributed by atoms with Crippen molar-refractivity contribution in [3.05, 3.63) is 59.7 Å². The highest BCUT2D eigenvalue weighted by Crippen LogP contribution is 2.24. The summed E-state index contributed by atoms with van der Waals surface area (Å²) in [6, 6.07) is 16.0. The topological polar surface area (TPSA) is 67.6 Å². The van der Waals surface area contributed by atoms with Crippen molar-refractivity contribution in [1.82, 2.24) is 15.2 Å². The fraction of sp³-hybridized carbons (Fsp3) is 0.125. The maximum absolute atomic E-state index is 5.84. The Labute approximate surface area is 117 Å². The van der Waals surface area contributed by atoms with E-state index in [2.05, 4.69) is 28.2 Å². The van der Waals surface area contributed by atoms with Crippen molar-refractivity contribution >= 4 is 0 Å². The number of aromatic nitrogens is 3. The monoisotopic (exact) mass is 264 g/mol. The second kappa shape index (κ2) is 5.27. The molecule has 0 unspecified atom stereocenters. The number of rotatable bonds is 3. The van der Waals surface area contributed by atoms with Gasteiger partial charge >= 0.3 is 0 Å². The van der Waals surface area contributed by atoms with Crippen LogP contribution in [0.4, 0.5) is 0 Å². The van der Waals surface area contributed by atoms with Crippen LogP contribution < -0.4 is 5.73 Å². The van der Waals surface area contributed by atoms with Crippen molar-refractivity contribution in [2.75, 3.05) is 0 Å². The smallest absolute Gasteiger partial charge is 0.181 e. The molecular weight excluding hydrogens is 248 g/mol. The van der Waals surface area contributed by atoms with E-state index in [1.54, 1.807) is 0 Å². The first-order chi connectivity index (χ1) is 9.79. The zero-order chi connectivity index (χ0) is 13.9. The summed E-state index contributed by atoms with van der Waals surface area (Å²) in [7, 11) is 0. The Balaban J connectivity index is 2.05. The number of nitrogens with one attached hydrogen (secondary N) is 1. The van der Waals surface area contributed by atoms with Crippen molar-refractivity contribution in [3.63, 3.8) is 0 Å². The minimum Gasteiger partial charge on any atom is -0.326 e. The molecule has 3 N–H and O–H groups in total. The third kappa shape index (κ3) is 2.21. The van der Waals surface area contributed by atoms with Gasteiger partial charge in [0.2, 0.25) is 0 Å². The van der Waals surface area contributed by atoms with Gasteiger partial charge in [0.05, 0.1) is 0 Å². The molecular formula is C16H16N4. The first-order valence-electron chi connectivity index (χ1n) is 6.56. The van der Waals surface area contributed by atoms with Gasteiger partial charge in [0.25, 0.3) is 0 Å². The zero-order valence-electron chi connectivity index (χ0n) is 11.3. The average molecular weight is 264 g/mol. The summed E-state index contributed by atoms with van der Waals surface area (Å²) in [5, 5.41) is 7.31. The van der Waals surface area contributed by atoms with Crippen LogP contribution in [0.5, 0.6) is 0 Å². The molecule has 0 atom stereocenters. The van der Waals surface area contributed by atoms with Gasteiger partial charge in [0.15, 0.2) is 11.6 Å². The molecule has 20 heavy (non-hydrogen) atoms. The standard InChI is InChI=1S/C16H16N4/c1-11-6-5-9-13(14(11)10-17)16-18-15(19-20-16)12-7-3-2-4-8-12/h2-9H,10,17H2,1H3,(H,18,19,20). The number of aryl methyl sites for hydroxylation is 1. The Morgan fingerprint density at radius 2 is 1.85 bits per heavy atom. The van der Waals surface area contributed by atoms with Crippen LogP contribution in [0.1, 0.15) is 11.1 Å². The van der Waals surface area contributed by atoms with Crippen LogP contribution in [0.3, 0.4) is 0 Å². The molecule has 0 fully saturated rings. The van der Waals surface area contributed by atoms with Gasteiger partial charge in [-0.1, -0.05) is 48.5 Å². The van der Waals surface area contributed by atoms with Gasteiger partial charge in [-0.15, -0.1) is 0 Å². The van der Waals surface area contributed by atoms with E-state index >= 15 is 0 Å². The summed E-state index contributed by atoms with van der Waals surface area (Å²) in [5.74, 6) is 1.46. The number of nitrogens with zero attached hydrogens (tertiary/aromatic N) is 2. The number of benzene rings is 2. The maximum Gasteiger partial charge on any atom is 0.181 e. The van der Waals surface area contributed by atoms with E-state index in [1.807, 2.05) is 42.5 Å². The zero-order valence-corrected chi connectivity index (χ0v) is 11.3. The van der Waals surface area contributed by atoms with Crippen LogP contribution in [0.25, 0.3) is 22.8 Å². The SMILES string of the molecule is Cc1cccc(-c2n[nH]c(-c3ccccc3)n2)c1CN. The molecule has 0 saturated heterocycles. The molecule has 0 amide bonds. The molecule has 0 aliphatic heterocycles. The summed E-state index contributed by atoms with van der Waals surface area (Å²) in [6.07, 6.45) is 0. The Hall–Kier alpha value is -2.46. The molecule has 100 valence electrons. The first-order valence-corrected chi connectivity index (χ1v) is 6.56. The number of hydrogen-bond donors (Lipinski definition) is 2.